The minimum absolute atomic E-state index is 0.104. The van der Waals surface area contributed by atoms with Gasteiger partial charge in [0.15, 0.2) is 0 Å². The number of nitro benzene ring substituents is 1. The SMILES string of the molecule is CCN(C(=O)C(C)NC(=O)c1cccc([N+](=O)[O-])c1)C1CCCCC1. The predicted octanol–water partition coefficient (Wildman–Crippen LogP) is 2.89. The monoisotopic (exact) mass is 347 g/mol. The number of benzene rings is 1. The summed E-state index contributed by atoms with van der Waals surface area (Å²) in [4.78, 5) is 37.2. The van der Waals surface area contributed by atoms with Gasteiger partial charge in [-0.1, -0.05) is 25.3 Å². The summed E-state index contributed by atoms with van der Waals surface area (Å²) in [6.07, 6.45) is 5.48. The standard InChI is InChI=1S/C18H25N3O4/c1-3-20(15-9-5-4-6-10-15)18(23)13(2)19-17(22)14-8-7-11-16(12-14)21(24)25/h7-8,11-13,15H,3-6,9-10H2,1-2H3,(H,19,22). The second-order valence-corrected chi connectivity index (χ2v) is 6.42. The van der Waals surface area contributed by atoms with Crippen LogP contribution in [0.15, 0.2) is 24.3 Å². The van der Waals surface area contributed by atoms with E-state index in [1.54, 1.807) is 6.92 Å². The molecule has 1 saturated carbocycles. The Kier molecular flexibility index (Phi) is 6.50. The van der Waals surface area contributed by atoms with Gasteiger partial charge in [-0.05, 0) is 32.8 Å². The molecular formula is C18H25N3O4. The summed E-state index contributed by atoms with van der Waals surface area (Å²) in [6.45, 7) is 4.21. The van der Waals surface area contributed by atoms with E-state index in [0.717, 1.165) is 25.7 Å². The number of non-ortho nitro benzene ring substituents is 1. The number of amides is 2. The average Bonchev–Trinajstić information content (AvgIpc) is 2.63. The van der Waals surface area contributed by atoms with Crippen molar-refractivity contribution >= 4 is 17.5 Å². The van der Waals surface area contributed by atoms with E-state index in [1.807, 2.05) is 11.8 Å². The lowest BCUT2D eigenvalue weighted by Crippen LogP contribution is -2.51. The van der Waals surface area contributed by atoms with Crippen LogP contribution in [-0.2, 0) is 4.79 Å². The zero-order valence-corrected chi connectivity index (χ0v) is 14.7. The van der Waals surface area contributed by atoms with Crippen LogP contribution in [-0.4, -0.2) is 40.3 Å². The van der Waals surface area contributed by atoms with E-state index in [4.69, 9.17) is 0 Å². The molecule has 1 fully saturated rings. The molecule has 2 amide bonds. The lowest BCUT2D eigenvalue weighted by molar-refractivity contribution is -0.384. The van der Waals surface area contributed by atoms with E-state index in [-0.39, 0.29) is 23.2 Å². The van der Waals surface area contributed by atoms with Crippen molar-refractivity contribution in [2.45, 2.75) is 58.0 Å². The molecular weight excluding hydrogens is 322 g/mol. The van der Waals surface area contributed by atoms with E-state index >= 15 is 0 Å². The van der Waals surface area contributed by atoms with Crippen LogP contribution < -0.4 is 5.32 Å². The fourth-order valence-electron chi connectivity index (χ4n) is 3.34. The highest BCUT2D eigenvalue weighted by molar-refractivity contribution is 5.97. The van der Waals surface area contributed by atoms with Gasteiger partial charge >= 0.3 is 0 Å². The van der Waals surface area contributed by atoms with Crippen molar-refractivity contribution in [3.8, 4) is 0 Å². The Morgan fingerprint density at radius 2 is 2.00 bits per heavy atom. The van der Waals surface area contributed by atoms with Crippen molar-refractivity contribution in [2.24, 2.45) is 0 Å². The number of likely N-dealkylation sites (N-methyl/N-ethyl adjacent to an activating group) is 1. The molecule has 2 rings (SSSR count). The Bertz CT molecular complexity index is 641. The van der Waals surface area contributed by atoms with Gasteiger partial charge in [-0.15, -0.1) is 0 Å². The molecule has 1 unspecified atom stereocenters. The second kappa shape index (κ2) is 8.60. The van der Waals surface area contributed by atoms with E-state index in [0.29, 0.717) is 6.54 Å². The molecule has 0 heterocycles. The van der Waals surface area contributed by atoms with Crippen molar-refractivity contribution < 1.29 is 14.5 Å². The predicted molar refractivity (Wildman–Crippen MR) is 94.3 cm³/mol. The summed E-state index contributed by atoms with van der Waals surface area (Å²) in [5, 5.41) is 13.5. The Hall–Kier alpha value is -2.44. The second-order valence-electron chi connectivity index (χ2n) is 6.42. The van der Waals surface area contributed by atoms with Gasteiger partial charge in [-0.3, -0.25) is 19.7 Å². The number of rotatable bonds is 6. The topological polar surface area (TPSA) is 92.6 Å². The molecule has 0 saturated heterocycles. The maximum atomic E-state index is 12.7. The van der Waals surface area contributed by atoms with E-state index < -0.39 is 16.9 Å². The molecule has 1 atom stereocenters. The van der Waals surface area contributed by atoms with Crippen LogP contribution in [0.2, 0.25) is 0 Å². The average molecular weight is 347 g/mol. The Labute approximate surface area is 147 Å². The van der Waals surface area contributed by atoms with Crippen LogP contribution in [0, 0.1) is 10.1 Å². The van der Waals surface area contributed by atoms with Gasteiger partial charge in [0, 0.05) is 30.3 Å². The molecule has 1 aliphatic carbocycles. The molecule has 0 radical (unpaired) electrons. The first kappa shape index (κ1) is 18.9. The van der Waals surface area contributed by atoms with E-state index in [9.17, 15) is 19.7 Å². The minimum Gasteiger partial charge on any atom is -0.341 e. The Balaban J connectivity index is 2.02. The highest BCUT2D eigenvalue weighted by Crippen LogP contribution is 2.23. The van der Waals surface area contributed by atoms with Crippen LogP contribution in [0.4, 0.5) is 5.69 Å². The summed E-state index contributed by atoms with van der Waals surface area (Å²) in [7, 11) is 0. The third-order valence-corrected chi connectivity index (χ3v) is 4.68. The summed E-state index contributed by atoms with van der Waals surface area (Å²) < 4.78 is 0. The molecule has 0 aliphatic heterocycles. The highest BCUT2D eigenvalue weighted by Gasteiger charge is 2.28. The molecule has 7 heteroatoms. The fraction of sp³-hybridized carbons (Fsp3) is 0.556. The molecule has 0 spiro atoms. The van der Waals surface area contributed by atoms with Crippen molar-refractivity contribution in [3.63, 3.8) is 0 Å². The first-order chi connectivity index (χ1) is 11.9. The van der Waals surface area contributed by atoms with Gasteiger partial charge in [0.1, 0.15) is 6.04 Å². The van der Waals surface area contributed by atoms with Crippen LogP contribution in [0.5, 0.6) is 0 Å². The number of nitro groups is 1. The molecule has 0 bridgehead atoms. The molecule has 7 nitrogen and oxygen atoms in total. The number of nitrogens with one attached hydrogen (secondary N) is 1. The zero-order chi connectivity index (χ0) is 18.4. The summed E-state index contributed by atoms with van der Waals surface area (Å²) in [5.41, 5.74) is 0.0265. The normalized spacial score (nSPS) is 16.1. The number of carbonyl (C=O) groups excluding carboxylic acids is 2. The van der Waals surface area contributed by atoms with Crippen molar-refractivity contribution in [3.05, 3.63) is 39.9 Å². The molecule has 1 N–H and O–H groups in total. The summed E-state index contributed by atoms with van der Waals surface area (Å²) in [6, 6.07) is 5.06. The summed E-state index contributed by atoms with van der Waals surface area (Å²) >= 11 is 0. The molecule has 136 valence electrons. The van der Waals surface area contributed by atoms with Crippen LogP contribution in [0.25, 0.3) is 0 Å². The number of nitrogens with zero attached hydrogens (tertiary/aromatic N) is 2. The number of hydrogen-bond donors (Lipinski definition) is 1. The molecule has 0 aromatic heterocycles. The Morgan fingerprint density at radius 1 is 1.32 bits per heavy atom. The van der Waals surface area contributed by atoms with E-state index in [1.165, 1.54) is 30.7 Å². The smallest absolute Gasteiger partial charge is 0.270 e. The van der Waals surface area contributed by atoms with Gasteiger partial charge in [-0.2, -0.15) is 0 Å². The number of hydrogen-bond acceptors (Lipinski definition) is 4. The maximum absolute atomic E-state index is 12.7. The highest BCUT2D eigenvalue weighted by atomic mass is 16.6. The maximum Gasteiger partial charge on any atom is 0.270 e. The lowest BCUT2D eigenvalue weighted by atomic mass is 9.94. The van der Waals surface area contributed by atoms with Crippen molar-refractivity contribution in [1.29, 1.82) is 0 Å². The molecule has 1 aromatic carbocycles. The van der Waals surface area contributed by atoms with Crippen LogP contribution >= 0.6 is 0 Å². The third kappa shape index (κ3) is 4.78. The number of carbonyl (C=O) groups is 2. The van der Waals surface area contributed by atoms with E-state index in [2.05, 4.69) is 5.32 Å². The lowest BCUT2D eigenvalue weighted by Gasteiger charge is -2.35. The van der Waals surface area contributed by atoms with Crippen molar-refractivity contribution in [1.82, 2.24) is 10.2 Å². The third-order valence-electron chi connectivity index (χ3n) is 4.68. The zero-order valence-electron chi connectivity index (χ0n) is 14.7. The van der Waals surface area contributed by atoms with Gasteiger partial charge in [0.25, 0.3) is 11.6 Å². The fourth-order valence-corrected chi connectivity index (χ4v) is 3.34. The van der Waals surface area contributed by atoms with Gasteiger partial charge in [0.05, 0.1) is 4.92 Å². The molecule has 1 aliphatic rings. The Morgan fingerprint density at radius 3 is 2.60 bits per heavy atom. The van der Waals surface area contributed by atoms with Crippen molar-refractivity contribution in [2.75, 3.05) is 6.54 Å². The molecule has 25 heavy (non-hydrogen) atoms. The largest absolute Gasteiger partial charge is 0.341 e. The summed E-state index contributed by atoms with van der Waals surface area (Å²) in [5.74, 6) is -0.586. The first-order valence-corrected chi connectivity index (χ1v) is 8.79. The molecule has 1 aromatic rings. The first-order valence-electron chi connectivity index (χ1n) is 8.79. The van der Waals surface area contributed by atoms with Gasteiger partial charge < -0.3 is 10.2 Å². The quantitative estimate of drug-likeness (QED) is 0.632. The van der Waals surface area contributed by atoms with Gasteiger partial charge in [0.2, 0.25) is 5.91 Å². The minimum atomic E-state index is -0.673. The van der Waals surface area contributed by atoms with Gasteiger partial charge in [-0.25, -0.2) is 0 Å². The van der Waals surface area contributed by atoms with Crippen LogP contribution in [0.3, 0.4) is 0 Å². The van der Waals surface area contributed by atoms with Crippen LogP contribution in [0.1, 0.15) is 56.3 Å².